The summed E-state index contributed by atoms with van der Waals surface area (Å²) in [5.41, 5.74) is 2.10. The third-order valence-electron chi connectivity index (χ3n) is 3.81. The molecule has 1 amide bonds. The van der Waals surface area contributed by atoms with Crippen LogP contribution in [0.15, 0.2) is 41.3 Å². The van der Waals surface area contributed by atoms with Gasteiger partial charge in [-0.2, -0.15) is 0 Å². The maximum Gasteiger partial charge on any atom is 0.266 e. The molecule has 0 fully saturated rings. The summed E-state index contributed by atoms with van der Waals surface area (Å²) in [7, 11) is -4.16. The summed E-state index contributed by atoms with van der Waals surface area (Å²) >= 11 is 5.82. The maximum absolute atomic E-state index is 13.9. The third-order valence-corrected chi connectivity index (χ3v) is 5.70. The molecule has 126 valence electrons. The van der Waals surface area contributed by atoms with E-state index in [0.29, 0.717) is 18.8 Å². The van der Waals surface area contributed by atoms with Crippen LogP contribution in [0.1, 0.15) is 18.1 Å². The van der Waals surface area contributed by atoms with E-state index in [1.165, 1.54) is 19.1 Å². The molecule has 1 heterocycles. The smallest absolute Gasteiger partial charge is 0.266 e. The Morgan fingerprint density at radius 1 is 1.21 bits per heavy atom. The number of fused-ring (bicyclic) bond motifs is 1. The Labute approximate surface area is 144 Å². The van der Waals surface area contributed by atoms with Crippen LogP contribution in [0.5, 0.6) is 0 Å². The lowest BCUT2D eigenvalue weighted by atomic mass is 10.1. The van der Waals surface area contributed by atoms with Crippen LogP contribution in [-0.2, 0) is 27.9 Å². The average Bonchev–Trinajstić information content (AvgIpc) is 2.89. The number of amides is 1. The minimum atomic E-state index is -4.16. The van der Waals surface area contributed by atoms with Gasteiger partial charge in [-0.15, -0.1) is 0 Å². The highest BCUT2D eigenvalue weighted by Gasteiger charge is 2.25. The predicted octanol–water partition coefficient (Wildman–Crippen LogP) is 3.14. The second-order valence-electron chi connectivity index (χ2n) is 5.51. The van der Waals surface area contributed by atoms with Crippen LogP contribution in [-0.4, -0.2) is 19.2 Å². The van der Waals surface area contributed by atoms with E-state index in [1.807, 2.05) is 0 Å². The van der Waals surface area contributed by atoms with Crippen molar-refractivity contribution in [2.24, 2.45) is 0 Å². The largest absolute Gasteiger partial charge is 0.334 e. The zero-order valence-electron chi connectivity index (χ0n) is 12.7. The lowest BCUT2D eigenvalue weighted by Gasteiger charge is -2.11. The van der Waals surface area contributed by atoms with Gasteiger partial charge in [0.25, 0.3) is 10.0 Å². The molecule has 3 rings (SSSR count). The van der Waals surface area contributed by atoms with Gasteiger partial charge < -0.3 is 4.90 Å². The monoisotopic (exact) mass is 368 g/mol. The van der Waals surface area contributed by atoms with Crippen molar-refractivity contribution in [1.29, 1.82) is 0 Å². The maximum atomic E-state index is 13.9. The zero-order chi connectivity index (χ0) is 17.5. The number of hydrogen-bond donors (Lipinski definition) is 1. The van der Waals surface area contributed by atoms with E-state index in [9.17, 15) is 17.6 Å². The molecule has 0 atom stereocenters. The average molecular weight is 369 g/mol. The number of sulfonamides is 1. The molecule has 0 radical (unpaired) electrons. The molecule has 0 aromatic heterocycles. The Bertz CT molecular complexity index is 911. The van der Waals surface area contributed by atoms with E-state index in [-0.39, 0.29) is 10.9 Å². The fourth-order valence-electron chi connectivity index (χ4n) is 2.63. The van der Waals surface area contributed by atoms with Gasteiger partial charge in [-0.1, -0.05) is 23.7 Å². The van der Waals surface area contributed by atoms with Crippen LogP contribution in [0.4, 0.5) is 10.1 Å². The first-order valence-electron chi connectivity index (χ1n) is 7.12. The summed E-state index contributed by atoms with van der Waals surface area (Å²) < 4.78 is 41.0. The van der Waals surface area contributed by atoms with E-state index in [0.717, 1.165) is 17.2 Å². The van der Waals surface area contributed by atoms with Crippen molar-refractivity contribution in [3.05, 3.63) is 58.4 Å². The van der Waals surface area contributed by atoms with Crippen molar-refractivity contribution in [3.8, 4) is 0 Å². The Hall–Kier alpha value is -2.12. The Morgan fingerprint density at radius 3 is 2.58 bits per heavy atom. The highest BCUT2D eigenvalue weighted by molar-refractivity contribution is 7.92. The van der Waals surface area contributed by atoms with Crippen LogP contribution in [0.2, 0.25) is 5.02 Å². The van der Waals surface area contributed by atoms with Crippen molar-refractivity contribution in [1.82, 2.24) is 4.90 Å². The van der Waals surface area contributed by atoms with Gasteiger partial charge in [0.15, 0.2) is 0 Å². The second-order valence-corrected chi connectivity index (χ2v) is 7.54. The normalized spacial score (nSPS) is 13.7. The summed E-state index contributed by atoms with van der Waals surface area (Å²) in [6, 6.07) is 8.65. The van der Waals surface area contributed by atoms with Gasteiger partial charge in [0, 0.05) is 25.7 Å². The first kappa shape index (κ1) is 16.7. The Morgan fingerprint density at radius 2 is 1.92 bits per heavy atom. The molecule has 1 N–H and O–H groups in total. The van der Waals surface area contributed by atoms with Crippen LogP contribution < -0.4 is 4.72 Å². The summed E-state index contributed by atoms with van der Waals surface area (Å²) in [4.78, 5) is 12.5. The molecule has 0 aliphatic carbocycles. The molecule has 8 heteroatoms. The molecule has 1 aliphatic rings. The molecule has 0 bridgehead atoms. The number of benzene rings is 2. The van der Waals surface area contributed by atoms with Gasteiger partial charge in [-0.3, -0.25) is 9.52 Å². The first-order valence-corrected chi connectivity index (χ1v) is 8.98. The van der Waals surface area contributed by atoms with Crippen molar-refractivity contribution in [2.45, 2.75) is 24.9 Å². The van der Waals surface area contributed by atoms with E-state index < -0.39 is 20.7 Å². The van der Waals surface area contributed by atoms with Gasteiger partial charge in [0.2, 0.25) is 5.91 Å². The number of nitrogens with one attached hydrogen (secondary N) is 1. The van der Waals surface area contributed by atoms with Gasteiger partial charge in [-0.25, -0.2) is 12.8 Å². The number of carbonyl (C=O) groups is 1. The molecule has 2 aromatic rings. The first-order chi connectivity index (χ1) is 11.3. The molecular weight excluding hydrogens is 355 g/mol. The quantitative estimate of drug-likeness (QED) is 0.905. The molecule has 24 heavy (non-hydrogen) atoms. The second kappa shape index (κ2) is 6.07. The highest BCUT2D eigenvalue weighted by atomic mass is 35.5. The molecule has 0 saturated carbocycles. The number of anilines is 1. The van der Waals surface area contributed by atoms with E-state index in [4.69, 9.17) is 11.6 Å². The topological polar surface area (TPSA) is 66.5 Å². The van der Waals surface area contributed by atoms with Crippen molar-refractivity contribution in [3.63, 3.8) is 0 Å². The van der Waals surface area contributed by atoms with E-state index in [2.05, 4.69) is 4.72 Å². The molecule has 0 saturated heterocycles. The molecular formula is C16H14ClFN2O3S. The van der Waals surface area contributed by atoms with Gasteiger partial charge >= 0.3 is 0 Å². The number of nitrogens with zero attached hydrogens (tertiary/aromatic N) is 1. The van der Waals surface area contributed by atoms with Crippen molar-refractivity contribution < 1.29 is 17.6 Å². The highest BCUT2D eigenvalue weighted by Crippen LogP contribution is 2.29. The van der Waals surface area contributed by atoms with E-state index >= 15 is 0 Å². The molecule has 1 aliphatic heterocycles. The standard InChI is InChI=1S/C16H14ClFN2O3S/c1-10(21)20-8-11-5-6-13(7-12(11)9-20)19-24(22,23)16-14(17)3-2-4-15(16)18/h2-7,19H,8-9H2,1H3. The lowest BCUT2D eigenvalue weighted by Crippen LogP contribution is -2.21. The van der Waals surface area contributed by atoms with Crippen molar-refractivity contribution >= 4 is 33.2 Å². The Balaban J connectivity index is 1.90. The van der Waals surface area contributed by atoms with Crippen molar-refractivity contribution in [2.75, 3.05) is 4.72 Å². The summed E-state index contributed by atoms with van der Waals surface area (Å²) in [5.74, 6) is -0.967. The number of hydrogen-bond acceptors (Lipinski definition) is 3. The summed E-state index contributed by atoms with van der Waals surface area (Å²) in [6.45, 7) is 2.40. The van der Waals surface area contributed by atoms with Crippen LogP contribution in [0.25, 0.3) is 0 Å². The van der Waals surface area contributed by atoms with Gasteiger partial charge in [0.05, 0.1) is 5.02 Å². The van der Waals surface area contributed by atoms with Crippen LogP contribution >= 0.6 is 11.6 Å². The van der Waals surface area contributed by atoms with Crippen LogP contribution in [0.3, 0.4) is 0 Å². The molecule has 0 unspecified atom stereocenters. The SMILES string of the molecule is CC(=O)N1Cc2ccc(NS(=O)(=O)c3c(F)cccc3Cl)cc2C1. The zero-order valence-corrected chi connectivity index (χ0v) is 14.3. The minimum Gasteiger partial charge on any atom is -0.334 e. The van der Waals surface area contributed by atoms with E-state index in [1.54, 1.807) is 23.1 Å². The molecule has 5 nitrogen and oxygen atoms in total. The van der Waals surface area contributed by atoms with Crippen LogP contribution in [0, 0.1) is 5.82 Å². The number of halogens is 2. The lowest BCUT2D eigenvalue weighted by molar-refractivity contribution is -0.129. The molecule has 2 aromatic carbocycles. The fraction of sp³-hybridized carbons (Fsp3) is 0.188. The Kier molecular flexibility index (Phi) is 4.23. The van der Waals surface area contributed by atoms with Gasteiger partial charge in [0.1, 0.15) is 10.7 Å². The van der Waals surface area contributed by atoms with Gasteiger partial charge in [-0.05, 0) is 35.4 Å². The number of rotatable bonds is 3. The predicted molar refractivity (Wildman–Crippen MR) is 88.6 cm³/mol. The minimum absolute atomic E-state index is 0.0496. The fourth-order valence-corrected chi connectivity index (χ4v) is 4.28. The number of carbonyl (C=O) groups excluding carboxylic acids is 1. The summed E-state index contributed by atoms with van der Waals surface area (Å²) in [6.07, 6.45) is 0. The third kappa shape index (κ3) is 3.09. The molecule has 0 spiro atoms. The summed E-state index contributed by atoms with van der Waals surface area (Å²) in [5, 5.41) is -0.189.